The molecule has 0 radical (unpaired) electrons. The minimum atomic E-state index is -0.108. The van der Waals surface area contributed by atoms with Gasteiger partial charge in [-0.25, -0.2) is 0 Å². The molecule has 0 unspecified atom stereocenters. The van der Waals surface area contributed by atoms with Gasteiger partial charge in [0, 0.05) is 44.3 Å². The molecule has 11 aromatic rings. The summed E-state index contributed by atoms with van der Waals surface area (Å²) < 4.78 is 9.21. The summed E-state index contributed by atoms with van der Waals surface area (Å²) in [7, 11) is 0. The Morgan fingerprint density at radius 1 is 0.417 bits per heavy atom. The fourth-order valence-corrected chi connectivity index (χ4v) is 9.93. The lowest BCUT2D eigenvalue weighted by atomic mass is 9.82. The topological polar surface area (TPSA) is 21.3 Å². The lowest BCUT2D eigenvalue weighted by molar-refractivity contribution is 0.660. The van der Waals surface area contributed by atoms with Gasteiger partial charge < -0.3 is 13.9 Å². The predicted octanol–water partition coefficient (Wildman–Crippen LogP) is 15.8. The second-order valence-electron chi connectivity index (χ2n) is 16.5. The average Bonchev–Trinajstić information content (AvgIpc) is 3.93. The fraction of sp³-hybridized carbons (Fsp3) is 0.0526. The van der Waals surface area contributed by atoms with Crippen molar-refractivity contribution >= 4 is 60.8 Å². The minimum Gasteiger partial charge on any atom is -0.455 e. The number of rotatable bonds is 6. The molecule has 60 heavy (non-hydrogen) atoms. The zero-order chi connectivity index (χ0) is 40.0. The maximum absolute atomic E-state index is 6.86. The number of anilines is 3. The fourth-order valence-electron chi connectivity index (χ4n) is 9.93. The Balaban J connectivity index is 0.991. The van der Waals surface area contributed by atoms with Crippen LogP contribution in [0.5, 0.6) is 0 Å². The maximum atomic E-state index is 6.86. The third-order valence-corrected chi connectivity index (χ3v) is 12.8. The van der Waals surface area contributed by atoms with Crippen molar-refractivity contribution in [2.24, 2.45) is 0 Å². The monoisotopic (exact) mass is 768 g/mol. The second-order valence-corrected chi connectivity index (χ2v) is 16.5. The van der Waals surface area contributed by atoms with Gasteiger partial charge in [0.05, 0.1) is 16.4 Å². The van der Waals surface area contributed by atoms with Crippen molar-refractivity contribution in [1.82, 2.24) is 4.57 Å². The molecule has 2 aromatic heterocycles. The van der Waals surface area contributed by atoms with E-state index in [0.717, 1.165) is 66.7 Å². The third kappa shape index (κ3) is 5.15. The van der Waals surface area contributed by atoms with Gasteiger partial charge in [-0.15, -0.1) is 0 Å². The van der Waals surface area contributed by atoms with E-state index in [4.69, 9.17) is 4.42 Å². The normalized spacial score (nSPS) is 13.0. The molecule has 0 atom stereocenters. The first-order valence-electron chi connectivity index (χ1n) is 20.8. The molecular weight excluding hydrogens is 729 g/mol. The highest BCUT2D eigenvalue weighted by Gasteiger charge is 2.35. The van der Waals surface area contributed by atoms with Gasteiger partial charge in [0.15, 0.2) is 0 Å². The summed E-state index contributed by atoms with van der Waals surface area (Å²) in [4.78, 5) is 2.39. The SMILES string of the molecule is CC1(C)c2ccccc2-c2ccc(N(c3ccc(-c4ccccc4)cc3)c3ccc(-c4cccc5oc6c(ccc7c6c6ccccc6n7-c6ccccc6)c45)cc3)cc21. The Labute approximate surface area is 349 Å². The standard InChI is InChI=1S/C57H40N2O/c1-57(2)49-21-11-9-18-45(49)46-33-32-43(36-50(46)57)58(41-28-24-38(25-29-41)37-14-5-3-6-15-37)42-30-26-39(27-31-42)44-20-13-23-53-54(44)48-34-35-52-55(56(48)60-53)47-19-10-12-22-51(47)59(52)40-16-7-4-8-17-40/h3-36H,1-2H3. The Morgan fingerprint density at radius 3 is 1.82 bits per heavy atom. The molecule has 9 aromatic carbocycles. The van der Waals surface area contributed by atoms with Gasteiger partial charge >= 0.3 is 0 Å². The van der Waals surface area contributed by atoms with E-state index in [2.05, 4.69) is 230 Å². The minimum absolute atomic E-state index is 0.108. The zero-order valence-corrected chi connectivity index (χ0v) is 33.4. The van der Waals surface area contributed by atoms with Crippen LogP contribution >= 0.6 is 0 Å². The molecule has 0 N–H and O–H groups in total. The number of nitrogens with zero attached hydrogens (tertiary/aromatic N) is 2. The highest BCUT2D eigenvalue weighted by Crippen LogP contribution is 2.51. The van der Waals surface area contributed by atoms with Crippen molar-refractivity contribution in [3.8, 4) is 39.1 Å². The number of fused-ring (bicyclic) bond motifs is 10. The molecule has 0 aliphatic heterocycles. The van der Waals surface area contributed by atoms with Crippen LogP contribution in [0.3, 0.4) is 0 Å². The third-order valence-electron chi connectivity index (χ3n) is 12.8. The number of hydrogen-bond donors (Lipinski definition) is 0. The smallest absolute Gasteiger partial charge is 0.145 e. The molecule has 284 valence electrons. The number of aromatic nitrogens is 1. The van der Waals surface area contributed by atoms with Crippen LogP contribution in [0, 0.1) is 0 Å². The Hall–Kier alpha value is -7.62. The highest BCUT2D eigenvalue weighted by molar-refractivity contribution is 6.25. The van der Waals surface area contributed by atoms with Crippen molar-refractivity contribution in [2.75, 3.05) is 4.90 Å². The van der Waals surface area contributed by atoms with Crippen molar-refractivity contribution in [3.05, 3.63) is 217 Å². The quantitative estimate of drug-likeness (QED) is 0.168. The molecule has 1 aliphatic carbocycles. The summed E-state index contributed by atoms with van der Waals surface area (Å²) >= 11 is 0. The number of furan rings is 1. The molecule has 0 amide bonds. The lowest BCUT2D eigenvalue weighted by Gasteiger charge is -2.28. The number of benzene rings is 9. The lowest BCUT2D eigenvalue weighted by Crippen LogP contribution is -2.16. The van der Waals surface area contributed by atoms with E-state index in [9.17, 15) is 0 Å². The van der Waals surface area contributed by atoms with Crippen LogP contribution in [0.15, 0.2) is 211 Å². The van der Waals surface area contributed by atoms with Crippen molar-refractivity contribution in [1.29, 1.82) is 0 Å². The number of para-hydroxylation sites is 2. The zero-order valence-electron chi connectivity index (χ0n) is 33.4. The van der Waals surface area contributed by atoms with Crippen LogP contribution < -0.4 is 4.90 Å². The van der Waals surface area contributed by atoms with Gasteiger partial charge in [0.2, 0.25) is 0 Å². The first kappa shape index (κ1) is 34.4. The van der Waals surface area contributed by atoms with Crippen LogP contribution in [0.1, 0.15) is 25.0 Å². The van der Waals surface area contributed by atoms with E-state index in [1.807, 2.05) is 0 Å². The summed E-state index contributed by atoms with van der Waals surface area (Å²) in [6.07, 6.45) is 0. The van der Waals surface area contributed by atoms with E-state index in [1.165, 1.54) is 44.3 Å². The van der Waals surface area contributed by atoms with Crippen LogP contribution in [0.2, 0.25) is 0 Å². The Kier molecular flexibility index (Phi) is 7.58. The first-order chi connectivity index (χ1) is 29.5. The molecule has 0 spiro atoms. The molecule has 1 aliphatic rings. The van der Waals surface area contributed by atoms with Gasteiger partial charge in [0.1, 0.15) is 11.2 Å². The Bertz CT molecular complexity index is 3430. The molecule has 12 rings (SSSR count). The molecule has 0 fully saturated rings. The van der Waals surface area contributed by atoms with E-state index < -0.39 is 0 Å². The summed E-state index contributed by atoms with van der Waals surface area (Å²) in [5, 5.41) is 4.57. The first-order valence-corrected chi connectivity index (χ1v) is 20.8. The predicted molar refractivity (Wildman–Crippen MR) is 251 cm³/mol. The largest absolute Gasteiger partial charge is 0.455 e. The highest BCUT2D eigenvalue weighted by atomic mass is 16.3. The molecule has 0 bridgehead atoms. The van der Waals surface area contributed by atoms with Crippen LogP contribution in [-0.4, -0.2) is 4.57 Å². The van der Waals surface area contributed by atoms with E-state index in [0.29, 0.717) is 0 Å². The van der Waals surface area contributed by atoms with E-state index in [-0.39, 0.29) is 5.41 Å². The van der Waals surface area contributed by atoms with Gasteiger partial charge in [-0.1, -0.05) is 147 Å². The molecular formula is C57H40N2O. The molecule has 3 heteroatoms. The summed E-state index contributed by atoms with van der Waals surface area (Å²) in [5.41, 5.74) is 18.5. The van der Waals surface area contributed by atoms with Gasteiger partial charge in [-0.3, -0.25) is 0 Å². The summed E-state index contributed by atoms with van der Waals surface area (Å²) in [6.45, 7) is 4.70. The van der Waals surface area contributed by atoms with Crippen LogP contribution in [0.4, 0.5) is 17.1 Å². The summed E-state index contributed by atoms with van der Waals surface area (Å²) in [5.74, 6) is 0. The van der Waals surface area contributed by atoms with Gasteiger partial charge in [0.25, 0.3) is 0 Å². The van der Waals surface area contributed by atoms with Crippen LogP contribution in [-0.2, 0) is 5.41 Å². The van der Waals surface area contributed by atoms with Crippen molar-refractivity contribution in [2.45, 2.75) is 19.3 Å². The number of hydrogen-bond acceptors (Lipinski definition) is 2. The van der Waals surface area contributed by atoms with Gasteiger partial charge in [-0.05, 0) is 117 Å². The van der Waals surface area contributed by atoms with Gasteiger partial charge in [-0.2, -0.15) is 0 Å². The molecule has 2 heterocycles. The van der Waals surface area contributed by atoms with Crippen molar-refractivity contribution in [3.63, 3.8) is 0 Å². The van der Waals surface area contributed by atoms with Crippen molar-refractivity contribution < 1.29 is 4.42 Å². The second kappa shape index (κ2) is 13.2. The Morgan fingerprint density at radius 2 is 1.03 bits per heavy atom. The molecule has 3 nitrogen and oxygen atoms in total. The molecule has 0 saturated heterocycles. The molecule has 0 saturated carbocycles. The van der Waals surface area contributed by atoms with E-state index in [1.54, 1.807) is 0 Å². The average molecular weight is 769 g/mol. The van der Waals surface area contributed by atoms with Crippen LogP contribution in [0.25, 0.3) is 82.8 Å². The van der Waals surface area contributed by atoms with E-state index >= 15 is 0 Å². The summed E-state index contributed by atoms with van der Waals surface area (Å²) in [6, 6.07) is 74.7. The maximum Gasteiger partial charge on any atom is 0.145 e.